The number of para-hydroxylation sites is 1. The van der Waals surface area contributed by atoms with Gasteiger partial charge in [0.25, 0.3) is 0 Å². The lowest BCUT2D eigenvalue weighted by atomic mass is 9.84. The molecule has 2 fully saturated rings. The van der Waals surface area contributed by atoms with Gasteiger partial charge in [-0.15, -0.1) is 11.3 Å². The second-order valence-corrected chi connectivity index (χ2v) is 9.24. The van der Waals surface area contributed by atoms with E-state index in [1.54, 1.807) is 29.5 Å². The van der Waals surface area contributed by atoms with Crippen molar-refractivity contribution in [2.24, 2.45) is 0 Å². The molecular weight excluding hydrogens is 430 g/mol. The summed E-state index contributed by atoms with van der Waals surface area (Å²) in [6, 6.07) is 12.9. The molecule has 5 atom stereocenters. The Morgan fingerprint density at radius 1 is 1.13 bits per heavy atom. The van der Waals surface area contributed by atoms with E-state index in [1.165, 1.54) is 0 Å². The number of hydrogen-bond acceptors (Lipinski definition) is 8. The predicted molar refractivity (Wildman–Crippen MR) is 110 cm³/mol. The minimum absolute atomic E-state index is 0.172. The van der Waals surface area contributed by atoms with E-state index in [4.69, 9.17) is 21.1 Å². The fourth-order valence-corrected chi connectivity index (χ4v) is 5.34. The molecule has 2 aromatic carbocycles. The molecule has 0 spiro atoms. The van der Waals surface area contributed by atoms with Crippen LogP contribution in [0.15, 0.2) is 42.5 Å². The molecule has 3 heterocycles. The maximum absolute atomic E-state index is 10.7. The van der Waals surface area contributed by atoms with Crippen molar-refractivity contribution in [2.75, 3.05) is 13.2 Å². The zero-order valence-corrected chi connectivity index (χ0v) is 17.3. The first-order chi connectivity index (χ1) is 14.4. The average Bonchev–Trinajstić information content (AvgIpc) is 3.34. The summed E-state index contributed by atoms with van der Waals surface area (Å²) in [4.78, 5) is 4.64. The van der Waals surface area contributed by atoms with Crippen LogP contribution in [0.25, 0.3) is 10.2 Å². The van der Waals surface area contributed by atoms with Gasteiger partial charge in [0.2, 0.25) is 5.79 Å². The van der Waals surface area contributed by atoms with Gasteiger partial charge in [0.1, 0.15) is 23.9 Å². The second kappa shape index (κ2) is 7.22. The molecule has 0 amide bonds. The number of nitrogens with zero attached hydrogens (tertiary/aromatic N) is 1. The lowest BCUT2D eigenvalue weighted by molar-refractivity contribution is -0.329. The van der Waals surface area contributed by atoms with E-state index in [1.807, 2.05) is 24.3 Å². The van der Waals surface area contributed by atoms with E-state index in [0.717, 1.165) is 20.8 Å². The maximum Gasteiger partial charge on any atom is 0.225 e. The maximum atomic E-state index is 10.7. The van der Waals surface area contributed by atoms with E-state index in [-0.39, 0.29) is 6.61 Å². The van der Waals surface area contributed by atoms with Gasteiger partial charge in [-0.3, -0.25) is 0 Å². The number of benzene rings is 2. The molecular formula is C21H20ClNO6S. The summed E-state index contributed by atoms with van der Waals surface area (Å²) in [5.74, 6) is -1.71. The molecule has 5 rings (SSSR count). The fraction of sp³-hybridized carbons (Fsp3) is 0.381. The molecule has 2 aliphatic heterocycles. The van der Waals surface area contributed by atoms with Gasteiger partial charge >= 0.3 is 0 Å². The van der Waals surface area contributed by atoms with E-state index < -0.39 is 36.3 Å². The number of rotatable bonds is 4. The molecule has 0 aliphatic carbocycles. The van der Waals surface area contributed by atoms with Crippen molar-refractivity contribution < 1.29 is 29.9 Å². The Morgan fingerprint density at radius 2 is 1.93 bits per heavy atom. The monoisotopic (exact) mass is 449 g/mol. The Morgan fingerprint density at radius 3 is 2.70 bits per heavy atom. The summed E-state index contributed by atoms with van der Waals surface area (Å²) in [5, 5.41) is 42.6. The molecule has 0 radical (unpaired) electrons. The first-order valence-electron chi connectivity index (χ1n) is 9.51. The fourth-order valence-electron chi connectivity index (χ4n) is 4.16. The second-order valence-electron chi connectivity index (χ2n) is 7.72. The van der Waals surface area contributed by atoms with Crippen LogP contribution in [0, 0.1) is 0 Å². The zero-order valence-electron chi connectivity index (χ0n) is 15.7. The van der Waals surface area contributed by atoms with Gasteiger partial charge in [-0.05, 0) is 29.8 Å². The van der Waals surface area contributed by atoms with Crippen LogP contribution in [-0.2, 0) is 21.7 Å². The minimum Gasteiger partial charge on any atom is -0.393 e. The normalized spacial score (nSPS) is 33.3. The molecule has 0 unspecified atom stereocenters. The van der Waals surface area contributed by atoms with Gasteiger partial charge in [0.15, 0.2) is 0 Å². The molecule has 3 aromatic rings. The lowest BCUT2D eigenvalue weighted by Gasteiger charge is -2.46. The zero-order chi connectivity index (χ0) is 21.1. The lowest BCUT2D eigenvalue weighted by Crippen LogP contribution is -2.65. The molecule has 9 heteroatoms. The van der Waals surface area contributed by atoms with Gasteiger partial charge in [0.05, 0.1) is 28.4 Å². The van der Waals surface area contributed by atoms with Crippen molar-refractivity contribution in [2.45, 2.75) is 36.1 Å². The summed E-state index contributed by atoms with van der Waals surface area (Å²) < 4.78 is 12.8. The van der Waals surface area contributed by atoms with E-state index in [2.05, 4.69) is 4.98 Å². The number of aliphatic hydroxyl groups is 4. The standard InChI is InChI=1S/C21H20ClNO6S/c22-13-6-5-12(7-11(13)8-16-23-14-3-1-2-4-15(14)30-16)21-19(27)17(25)18(26)20(9-24,29-21)10-28-21/h1-7,17-19,24-27H,8-10H2/t17-,18-,19+,20-,21-/m0/s1. The molecule has 7 nitrogen and oxygen atoms in total. The number of thiazole rings is 1. The first-order valence-corrected chi connectivity index (χ1v) is 10.7. The Kier molecular flexibility index (Phi) is 4.88. The highest BCUT2D eigenvalue weighted by Crippen LogP contribution is 2.49. The molecule has 2 bridgehead atoms. The van der Waals surface area contributed by atoms with Gasteiger partial charge in [-0.2, -0.15) is 0 Å². The summed E-state index contributed by atoms with van der Waals surface area (Å²) in [7, 11) is 0. The molecule has 2 aliphatic rings. The van der Waals surface area contributed by atoms with Crippen LogP contribution in [0.4, 0.5) is 0 Å². The molecule has 0 saturated carbocycles. The Hall–Kier alpha value is -1.62. The smallest absolute Gasteiger partial charge is 0.225 e. The number of fused-ring (bicyclic) bond motifs is 3. The highest BCUT2D eigenvalue weighted by molar-refractivity contribution is 7.18. The van der Waals surface area contributed by atoms with Crippen molar-refractivity contribution in [3.63, 3.8) is 0 Å². The summed E-state index contributed by atoms with van der Waals surface area (Å²) in [5.41, 5.74) is 0.602. The van der Waals surface area contributed by atoms with Gasteiger partial charge in [0, 0.05) is 17.0 Å². The third-order valence-electron chi connectivity index (χ3n) is 5.86. The number of ether oxygens (including phenoxy) is 2. The summed E-state index contributed by atoms with van der Waals surface area (Å²) in [6.45, 7) is -0.736. The van der Waals surface area contributed by atoms with Crippen molar-refractivity contribution in [3.05, 3.63) is 63.6 Å². The van der Waals surface area contributed by atoms with E-state index in [0.29, 0.717) is 17.0 Å². The van der Waals surface area contributed by atoms with Crippen LogP contribution in [0.2, 0.25) is 5.02 Å². The minimum atomic E-state index is -1.71. The quantitative estimate of drug-likeness (QED) is 0.478. The van der Waals surface area contributed by atoms with Crippen LogP contribution in [0.5, 0.6) is 0 Å². The van der Waals surface area contributed by atoms with Crippen molar-refractivity contribution in [3.8, 4) is 0 Å². The molecule has 4 N–H and O–H groups in total. The first kappa shape index (κ1) is 20.3. The number of aliphatic hydroxyl groups excluding tert-OH is 4. The Labute approximate surface area is 181 Å². The van der Waals surface area contributed by atoms with Crippen molar-refractivity contribution in [1.82, 2.24) is 4.98 Å². The van der Waals surface area contributed by atoms with Crippen LogP contribution >= 0.6 is 22.9 Å². The van der Waals surface area contributed by atoms with Crippen LogP contribution in [0.3, 0.4) is 0 Å². The third kappa shape index (κ3) is 2.91. The predicted octanol–water partition coefficient (Wildman–Crippen LogP) is 1.57. The number of hydrogen-bond donors (Lipinski definition) is 4. The van der Waals surface area contributed by atoms with E-state index in [9.17, 15) is 20.4 Å². The molecule has 2 saturated heterocycles. The van der Waals surface area contributed by atoms with Gasteiger partial charge < -0.3 is 29.9 Å². The number of halogens is 1. The van der Waals surface area contributed by atoms with Crippen LogP contribution in [0.1, 0.15) is 16.1 Å². The third-order valence-corrected chi connectivity index (χ3v) is 7.26. The van der Waals surface area contributed by atoms with Crippen LogP contribution < -0.4 is 0 Å². The van der Waals surface area contributed by atoms with Gasteiger partial charge in [-0.1, -0.05) is 29.8 Å². The number of aromatic nitrogens is 1. The average molecular weight is 450 g/mol. The summed E-state index contributed by atoms with van der Waals surface area (Å²) in [6.07, 6.45) is -4.11. The van der Waals surface area contributed by atoms with Crippen molar-refractivity contribution in [1.29, 1.82) is 0 Å². The van der Waals surface area contributed by atoms with Crippen molar-refractivity contribution >= 4 is 33.2 Å². The topological polar surface area (TPSA) is 112 Å². The van der Waals surface area contributed by atoms with E-state index >= 15 is 0 Å². The highest BCUT2D eigenvalue weighted by Gasteiger charge is 2.67. The Bertz CT molecular complexity index is 1080. The largest absolute Gasteiger partial charge is 0.393 e. The molecule has 30 heavy (non-hydrogen) atoms. The summed E-state index contributed by atoms with van der Waals surface area (Å²) >= 11 is 8.00. The Balaban J connectivity index is 1.53. The highest BCUT2D eigenvalue weighted by atomic mass is 35.5. The van der Waals surface area contributed by atoms with Crippen LogP contribution in [-0.4, -0.2) is 62.5 Å². The van der Waals surface area contributed by atoms with Gasteiger partial charge in [-0.25, -0.2) is 4.98 Å². The molecule has 158 valence electrons. The SMILES string of the molecule is OC[C@@]12CO[C@@](c3ccc(Cl)c(Cc4nc5ccccc5s4)c3)(O1)[C@H](O)[C@@H](O)[C@@H]2O. The molecule has 1 aromatic heterocycles.